The summed E-state index contributed by atoms with van der Waals surface area (Å²) in [6, 6.07) is 5.73. The molecule has 0 heterocycles. The molecule has 0 bridgehead atoms. The van der Waals surface area contributed by atoms with Crippen molar-refractivity contribution in [2.45, 2.75) is 29.4 Å². The van der Waals surface area contributed by atoms with E-state index in [-0.39, 0.29) is 0 Å². The molecule has 1 aromatic rings. The fourth-order valence-electron chi connectivity index (χ4n) is 1.55. The Morgan fingerprint density at radius 2 is 2.19 bits per heavy atom. The molecule has 4 heteroatoms. The van der Waals surface area contributed by atoms with Crippen LogP contribution >= 0.6 is 11.8 Å². The number of carboxylic acids is 1. The molecular weight excluding hydrogens is 224 g/mol. The summed E-state index contributed by atoms with van der Waals surface area (Å²) in [4.78, 5) is 12.1. The van der Waals surface area contributed by atoms with E-state index in [0.717, 1.165) is 29.1 Å². The molecule has 0 unspecified atom stereocenters. The van der Waals surface area contributed by atoms with E-state index in [0.29, 0.717) is 0 Å². The van der Waals surface area contributed by atoms with E-state index < -0.39 is 10.7 Å². The SMILES string of the molecule is COc1ccc(SC2(C(=O)O)CC2)c(C)c1. The molecule has 86 valence electrons. The molecule has 1 aliphatic rings. The highest BCUT2D eigenvalue weighted by Gasteiger charge is 2.51. The second-order valence-corrected chi connectivity index (χ2v) is 5.46. The first-order chi connectivity index (χ1) is 7.57. The van der Waals surface area contributed by atoms with Gasteiger partial charge in [-0.25, -0.2) is 0 Å². The number of benzene rings is 1. The Morgan fingerprint density at radius 3 is 2.62 bits per heavy atom. The first-order valence-corrected chi connectivity index (χ1v) is 5.96. The highest BCUT2D eigenvalue weighted by Crippen LogP contribution is 2.52. The molecular formula is C12H14O3S. The predicted octanol–water partition coefficient (Wildman–Crippen LogP) is 2.71. The van der Waals surface area contributed by atoms with Crippen molar-refractivity contribution in [3.8, 4) is 5.75 Å². The Balaban J connectivity index is 2.19. The summed E-state index contributed by atoms with van der Waals surface area (Å²) in [5.41, 5.74) is 1.07. The third kappa shape index (κ3) is 2.02. The lowest BCUT2D eigenvalue weighted by atomic mass is 10.2. The third-order valence-electron chi connectivity index (χ3n) is 2.78. The minimum atomic E-state index is -0.701. The number of rotatable bonds is 4. The molecule has 0 saturated heterocycles. The Hall–Kier alpha value is -1.16. The monoisotopic (exact) mass is 238 g/mol. The van der Waals surface area contributed by atoms with Gasteiger partial charge in [0, 0.05) is 4.90 Å². The zero-order chi connectivity index (χ0) is 11.8. The van der Waals surface area contributed by atoms with Crippen LogP contribution in [0.2, 0.25) is 0 Å². The predicted molar refractivity (Wildman–Crippen MR) is 63.2 cm³/mol. The van der Waals surface area contributed by atoms with Gasteiger partial charge in [-0.05, 0) is 43.5 Å². The smallest absolute Gasteiger partial charge is 0.320 e. The lowest BCUT2D eigenvalue weighted by Gasteiger charge is -2.12. The Kier molecular flexibility index (Phi) is 2.84. The van der Waals surface area contributed by atoms with Gasteiger partial charge >= 0.3 is 5.97 Å². The van der Waals surface area contributed by atoms with Crippen LogP contribution in [0.4, 0.5) is 0 Å². The number of aryl methyl sites for hydroxylation is 1. The number of thioether (sulfide) groups is 1. The number of methoxy groups -OCH3 is 1. The van der Waals surface area contributed by atoms with E-state index in [1.54, 1.807) is 7.11 Å². The first kappa shape index (κ1) is 11.3. The molecule has 1 saturated carbocycles. The molecule has 1 aliphatic carbocycles. The van der Waals surface area contributed by atoms with Crippen LogP contribution in [-0.2, 0) is 4.79 Å². The van der Waals surface area contributed by atoms with E-state index in [4.69, 9.17) is 9.84 Å². The van der Waals surface area contributed by atoms with Crippen LogP contribution in [-0.4, -0.2) is 22.9 Å². The minimum Gasteiger partial charge on any atom is -0.497 e. The first-order valence-electron chi connectivity index (χ1n) is 5.14. The quantitative estimate of drug-likeness (QED) is 0.876. The highest BCUT2D eigenvalue weighted by molar-refractivity contribution is 8.01. The summed E-state index contributed by atoms with van der Waals surface area (Å²) in [6.45, 7) is 1.97. The van der Waals surface area contributed by atoms with Crippen LogP contribution in [0, 0.1) is 6.92 Å². The maximum atomic E-state index is 11.1. The molecule has 0 aromatic heterocycles. The molecule has 0 amide bonds. The van der Waals surface area contributed by atoms with Crippen molar-refractivity contribution < 1.29 is 14.6 Å². The number of hydrogen-bond donors (Lipinski definition) is 1. The van der Waals surface area contributed by atoms with Crippen molar-refractivity contribution >= 4 is 17.7 Å². The van der Waals surface area contributed by atoms with E-state index in [1.165, 1.54) is 11.8 Å². The van der Waals surface area contributed by atoms with Crippen molar-refractivity contribution in [3.63, 3.8) is 0 Å². The molecule has 1 N–H and O–H groups in total. The van der Waals surface area contributed by atoms with Gasteiger partial charge in [0.1, 0.15) is 10.5 Å². The van der Waals surface area contributed by atoms with Crippen LogP contribution in [0.25, 0.3) is 0 Å². The summed E-state index contributed by atoms with van der Waals surface area (Å²) in [7, 11) is 1.63. The van der Waals surface area contributed by atoms with Crippen LogP contribution in [0.1, 0.15) is 18.4 Å². The number of aliphatic carboxylic acids is 1. The average molecular weight is 238 g/mol. The maximum Gasteiger partial charge on any atom is 0.320 e. The average Bonchev–Trinajstić information content (AvgIpc) is 3.02. The van der Waals surface area contributed by atoms with Gasteiger partial charge in [-0.15, -0.1) is 11.8 Å². The fourth-order valence-corrected chi connectivity index (χ4v) is 2.72. The topological polar surface area (TPSA) is 46.5 Å². The standard InChI is InChI=1S/C12H14O3S/c1-8-7-9(15-2)3-4-10(8)16-12(5-6-12)11(13)14/h3-4,7H,5-6H2,1-2H3,(H,13,14). The third-order valence-corrected chi connectivity index (χ3v) is 4.43. The van der Waals surface area contributed by atoms with E-state index in [9.17, 15) is 4.79 Å². The molecule has 0 radical (unpaired) electrons. The second-order valence-electron chi connectivity index (χ2n) is 4.03. The lowest BCUT2D eigenvalue weighted by Crippen LogP contribution is -2.17. The van der Waals surface area contributed by atoms with Crippen molar-refractivity contribution in [3.05, 3.63) is 23.8 Å². The molecule has 0 aliphatic heterocycles. The fraction of sp³-hybridized carbons (Fsp3) is 0.417. The number of carboxylic acid groups (broad SMARTS) is 1. The number of carbonyl (C=O) groups is 1. The minimum absolute atomic E-state index is 0.570. The summed E-state index contributed by atoms with van der Waals surface area (Å²) < 4.78 is 4.55. The Bertz CT molecular complexity index is 424. The highest BCUT2D eigenvalue weighted by atomic mass is 32.2. The molecule has 3 nitrogen and oxygen atoms in total. The molecule has 16 heavy (non-hydrogen) atoms. The van der Waals surface area contributed by atoms with E-state index >= 15 is 0 Å². The van der Waals surface area contributed by atoms with Crippen LogP contribution in [0.15, 0.2) is 23.1 Å². The van der Waals surface area contributed by atoms with Crippen LogP contribution in [0.5, 0.6) is 5.75 Å². The van der Waals surface area contributed by atoms with E-state index in [1.807, 2.05) is 25.1 Å². The van der Waals surface area contributed by atoms with Crippen LogP contribution < -0.4 is 4.74 Å². The Labute approximate surface area is 98.8 Å². The molecule has 1 fully saturated rings. The van der Waals surface area contributed by atoms with Crippen molar-refractivity contribution in [2.24, 2.45) is 0 Å². The van der Waals surface area contributed by atoms with Crippen molar-refractivity contribution in [2.75, 3.05) is 7.11 Å². The van der Waals surface area contributed by atoms with Crippen LogP contribution in [0.3, 0.4) is 0 Å². The van der Waals surface area contributed by atoms with E-state index in [2.05, 4.69) is 0 Å². The summed E-state index contributed by atoms with van der Waals surface area (Å²) in [5.74, 6) is 0.106. The Morgan fingerprint density at radius 1 is 1.50 bits per heavy atom. The molecule has 1 aromatic carbocycles. The van der Waals surface area contributed by atoms with Gasteiger partial charge in [-0.1, -0.05) is 0 Å². The number of ether oxygens (including phenoxy) is 1. The summed E-state index contributed by atoms with van der Waals surface area (Å²) in [5, 5.41) is 9.11. The zero-order valence-electron chi connectivity index (χ0n) is 9.32. The van der Waals surface area contributed by atoms with Gasteiger partial charge in [0.2, 0.25) is 0 Å². The molecule has 2 rings (SSSR count). The maximum absolute atomic E-state index is 11.1. The largest absolute Gasteiger partial charge is 0.497 e. The van der Waals surface area contributed by atoms with Gasteiger partial charge in [-0.2, -0.15) is 0 Å². The second kappa shape index (κ2) is 4.01. The van der Waals surface area contributed by atoms with Gasteiger partial charge in [0.15, 0.2) is 0 Å². The van der Waals surface area contributed by atoms with Gasteiger partial charge in [-0.3, -0.25) is 4.79 Å². The van der Waals surface area contributed by atoms with Gasteiger partial charge in [0.25, 0.3) is 0 Å². The zero-order valence-corrected chi connectivity index (χ0v) is 10.1. The van der Waals surface area contributed by atoms with Gasteiger partial charge in [0.05, 0.1) is 7.11 Å². The summed E-state index contributed by atoms with van der Waals surface area (Å²) in [6.07, 6.45) is 1.52. The van der Waals surface area contributed by atoms with Crippen molar-refractivity contribution in [1.82, 2.24) is 0 Å². The van der Waals surface area contributed by atoms with Gasteiger partial charge < -0.3 is 9.84 Å². The normalized spacial score (nSPS) is 16.9. The molecule has 0 atom stereocenters. The lowest BCUT2D eigenvalue weighted by molar-refractivity contribution is -0.137. The molecule has 0 spiro atoms. The summed E-state index contributed by atoms with van der Waals surface area (Å²) >= 11 is 1.46. The van der Waals surface area contributed by atoms with Crippen molar-refractivity contribution in [1.29, 1.82) is 0 Å². The number of hydrogen-bond acceptors (Lipinski definition) is 3.